The van der Waals surface area contributed by atoms with Crippen molar-refractivity contribution < 1.29 is 27.8 Å². The van der Waals surface area contributed by atoms with Gasteiger partial charge in [-0.2, -0.15) is 9.97 Å². The second kappa shape index (κ2) is 12.4. The summed E-state index contributed by atoms with van der Waals surface area (Å²) < 4.78 is 51.9. The molecule has 2 fully saturated rings. The maximum Gasteiger partial charge on any atom is 0.319 e. The number of likely N-dealkylation sites (N-methyl/N-ethyl adjacent to an activating group) is 2. The van der Waals surface area contributed by atoms with Crippen molar-refractivity contribution in [3.63, 3.8) is 0 Å². The number of pyridine rings is 1. The van der Waals surface area contributed by atoms with Crippen molar-refractivity contribution in [2.75, 3.05) is 45.2 Å². The van der Waals surface area contributed by atoms with Gasteiger partial charge in [0.1, 0.15) is 41.4 Å². The van der Waals surface area contributed by atoms with E-state index in [0.29, 0.717) is 24.3 Å². The van der Waals surface area contributed by atoms with Crippen LogP contribution >= 0.6 is 0 Å². The Morgan fingerprint density at radius 2 is 2.11 bits per heavy atom. The largest absolute Gasteiger partial charge is 0.508 e. The van der Waals surface area contributed by atoms with Gasteiger partial charge in [-0.1, -0.05) is 18.6 Å². The number of halogens is 3. The first kappa shape index (κ1) is 32.1. The minimum Gasteiger partial charge on any atom is -0.508 e. The summed E-state index contributed by atoms with van der Waals surface area (Å²) in [7, 11) is 3.59. The summed E-state index contributed by atoms with van der Waals surface area (Å²) in [6.45, 7) is 6.77. The highest BCUT2D eigenvalue weighted by atomic mass is 19.1. The van der Waals surface area contributed by atoms with E-state index in [1.54, 1.807) is 16.8 Å². The summed E-state index contributed by atoms with van der Waals surface area (Å²) in [6, 6.07) is 5.05. The summed E-state index contributed by atoms with van der Waals surface area (Å²) in [5, 5.41) is 11.4. The van der Waals surface area contributed by atoms with Crippen LogP contribution in [0.5, 0.6) is 11.8 Å². The molecular formula is C35H35F3N6O3. The number of amides is 1. The molecule has 0 aliphatic carbocycles. The number of ether oxygens (including phenoxy) is 1. The number of phenolic OH excluding ortho intramolecular Hbond substituents is 1. The molecule has 2 aliphatic rings. The Morgan fingerprint density at radius 3 is 2.81 bits per heavy atom. The number of aromatic hydroxyl groups is 1. The minimum absolute atomic E-state index is 0.0460. The van der Waals surface area contributed by atoms with Crippen molar-refractivity contribution in [3.05, 3.63) is 60.3 Å². The van der Waals surface area contributed by atoms with Gasteiger partial charge < -0.3 is 19.6 Å². The number of hydrogen-bond acceptors (Lipinski definition) is 8. The number of nitrogens with zero attached hydrogens (tertiary/aromatic N) is 6. The second-order valence-electron chi connectivity index (χ2n) is 12.6. The highest BCUT2D eigenvalue weighted by molar-refractivity contribution is 6.03. The van der Waals surface area contributed by atoms with Gasteiger partial charge in [0.15, 0.2) is 5.82 Å². The molecule has 4 heterocycles. The number of anilines is 1. The summed E-state index contributed by atoms with van der Waals surface area (Å²) in [6.07, 6.45) is 9.19. The third kappa shape index (κ3) is 5.80. The molecule has 1 amide bonds. The number of hydrogen-bond donors (Lipinski definition) is 1. The Labute approximate surface area is 270 Å². The number of aromatic nitrogens is 3. The van der Waals surface area contributed by atoms with Crippen LogP contribution in [0.25, 0.3) is 32.9 Å². The van der Waals surface area contributed by atoms with E-state index < -0.39 is 23.3 Å². The van der Waals surface area contributed by atoms with E-state index >= 15 is 4.39 Å². The van der Waals surface area contributed by atoms with Crippen LogP contribution in [0.1, 0.15) is 31.7 Å². The quantitative estimate of drug-likeness (QED) is 0.206. The molecule has 4 aromatic rings. The summed E-state index contributed by atoms with van der Waals surface area (Å²) in [5.41, 5.74) is -0.990. The van der Waals surface area contributed by atoms with Crippen LogP contribution in [0.15, 0.2) is 43.1 Å². The van der Waals surface area contributed by atoms with Gasteiger partial charge >= 0.3 is 6.01 Å². The Balaban J connectivity index is 1.48. The minimum atomic E-state index is -1.01. The molecule has 2 aliphatic heterocycles. The van der Waals surface area contributed by atoms with Crippen LogP contribution in [0.3, 0.4) is 0 Å². The molecule has 12 heteroatoms. The molecular weight excluding hydrogens is 609 g/mol. The van der Waals surface area contributed by atoms with Crippen molar-refractivity contribution in [1.29, 1.82) is 0 Å². The number of benzene rings is 2. The number of rotatable bonds is 8. The molecule has 244 valence electrons. The first-order valence-corrected chi connectivity index (χ1v) is 15.3. The number of phenols is 1. The van der Waals surface area contributed by atoms with E-state index in [2.05, 4.69) is 27.5 Å². The zero-order valence-corrected chi connectivity index (χ0v) is 26.4. The summed E-state index contributed by atoms with van der Waals surface area (Å²) in [4.78, 5) is 31.4. The lowest BCUT2D eigenvalue weighted by atomic mass is 9.96. The third-order valence-corrected chi connectivity index (χ3v) is 9.34. The normalized spacial score (nSPS) is 21.3. The van der Waals surface area contributed by atoms with E-state index in [1.807, 2.05) is 18.9 Å². The Bertz CT molecular complexity index is 1950. The molecule has 0 radical (unpaired) electrons. The average molecular weight is 645 g/mol. The smallest absolute Gasteiger partial charge is 0.319 e. The molecule has 2 aromatic heterocycles. The van der Waals surface area contributed by atoms with Crippen LogP contribution in [0, 0.1) is 24.0 Å². The van der Waals surface area contributed by atoms with Crippen LogP contribution < -0.4 is 9.64 Å². The molecule has 1 N–H and O–H groups in total. The number of carbonyl (C=O) groups is 1. The molecule has 47 heavy (non-hydrogen) atoms. The molecule has 9 nitrogen and oxygen atoms in total. The number of alkyl halides is 1. The van der Waals surface area contributed by atoms with Crippen LogP contribution in [0.4, 0.5) is 19.0 Å². The van der Waals surface area contributed by atoms with Crippen LogP contribution in [-0.2, 0) is 4.79 Å². The maximum absolute atomic E-state index is 16.7. The van der Waals surface area contributed by atoms with E-state index in [0.717, 1.165) is 12.8 Å². The zero-order valence-electron chi connectivity index (χ0n) is 26.4. The lowest BCUT2D eigenvalue weighted by Gasteiger charge is -2.31. The maximum atomic E-state index is 16.7. The van der Waals surface area contributed by atoms with Gasteiger partial charge in [-0.05, 0) is 56.5 Å². The number of likely N-dealkylation sites (tertiary alicyclic amines) is 2. The standard InChI is InChI=1S/C35H35F3N6O3/c1-6-24-27(37)11-10-20-13-23(45)14-25(29(20)24)31-30(38)32-26(16-39-31)33(42(4)18-22-9-8-12-44(22)28(46)7-2)41-34(40-32)47-19-35(3)15-21(36)17-43(35)5/h1,7,10-11,13-14,16,21-22,45H,2,8-9,12,15,17-19H2,3-5H3/t21-,22+,35+/m1/s1. The SMILES string of the molecule is C#Cc1c(F)ccc2cc(O)cc(-c3ncc4c(N(C)C[C@@H]5CCCN5C(=O)C=C)nc(OC[C@]5(C)C[C@@H](F)CN5C)nc4c3F)c12. The molecule has 6 rings (SSSR count). The molecule has 0 saturated carbocycles. The fourth-order valence-electron chi connectivity index (χ4n) is 6.76. The van der Waals surface area contributed by atoms with Gasteiger partial charge in [-0.25, -0.2) is 13.2 Å². The molecule has 0 unspecified atom stereocenters. The van der Waals surface area contributed by atoms with Crippen molar-refractivity contribution in [2.24, 2.45) is 0 Å². The third-order valence-electron chi connectivity index (χ3n) is 9.34. The Kier molecular flexibility index (Phi) is 8.44. The average Bonchev–Trinajstić information content (AvgIpc) is 3.61. The Hall–Kier alpha value is -4.89. The van der Waals surface area contributed by atoms with E-state index in [9.17, 15) is 18.7 Å². The summed E-state index contributed by atoms with van der Waals surface area (Å²) >= 11 is 0. The van der Waals surface area contributed by atoms with E-state index in [1.165, 1.54) is 36.5 Å². The number of carbonyl (C=O) groups excluding carboxylic acids is 1. The van der Waals surface area contributed by atoms with E-state index in [-0.39, 0.29) is 76.4 Å². The van der Waals surface area contributed by atoms with Gasteiger partial charge in [0, 0.05) is 56.3 Å². The number of fused-ring (bicyclic) bond motifs is 2. The van der Waals surface area contributed by atoms with Crippen LogP contribution in [0.2, 0.25) is 0 Å². The highest BCUT2D eigenvalue weighted by Crippen LogP contribution is 2.39. The van der Waals surface area contributed by atoms with Crippen molar-refractivity contribution in [3.8, 4) is 35.4 Å². The monoisotopic (exact) mass is 644 g/mol. The lowest BCUT2D eigenvalue weighted by molar-refractivity contribution is -0.126. The highest BCUT2D eigenvalue weighted by Gasteiger charge is 2.41. The van der Waals surface area contributed by atoms with E-state index in [4.69, 9.17) is 11.2 Å². The van der Waals surface area contributed by atoms with Gasteiger partial charge in [-0.15, -0.1) is 6.42 Å². The molecule has 3 atom stereocenters. The van der Waals surface area contributed by atoms with Gasteiger partial charge in [-0.3, -0.25) is 14.7 Å². The molecule has 2 saturated heterocycles. The van der Waals surface area contributed by atoms with Crippen molar-refractivity contribution in [2.45, 2.75) is 43.9 Å². The number of terminal acetylenes is 1. The van der Waals surface area contributed by atoms with Crippen LogP contribution in [-0.4, -0.2) is 93.9 Å². The fourth-order valence-corrected chi connectivity index (χ4v) is 6.76. The van der Waals surface area contributed by atoms with Gasteiger partial charge in [0.2, 0.25) is 5.91 Å². The second-order valence-corrected chi connectivity index (χ2v) is 12.6. The topological polar surface area (TPSA) is 94.9 Å². The fraction of sp³-hybridized carbons (Fsp3) is 0.371. The lowest BCUT2D eigenvalue weighted by Crippen LogP contribution is -2.43. The molecule has 2 aromatic carbocycles. The Morgan fingerprint density at radius 1 is 1.32 bits per heavy atom. The molecule has 0 spiro atoms. The van der Waals surface area contributed by atoms with Crippen molar-refractivity contribution in [1.82, 2.24) is 24.8 Å². The van der Waals surface area contributed by atoms with Crippen molar-refractivity contribution >= 4 is 33.4 Å². The predicted molar refractivity (Wildman–Crippen MR) is 174 cm³/mol. The predicted octanol–water partition coefficient (Wildman–Crippen LogP) is 5.23. The molecule has 0 bridgehead atoms. The first-order valence-electron chi connectivity index (χ1n) is 15.3. The van der Waals surface area contributed by atoms with Gasteiger partial charge in [0.25, 0.3) is 0 Å². The summed E-state index contributed by atoms with van der Waals surface area (Å²) in [5.74, 6) is 0.754. The zero-order chi connectivity index (χ0) is 33.6. The first-order chi connectivity index (χ1) is 22.4. The van der Waals surface area contributed by atoms with Gasteiger partial charge in [0.05, 0.1) is 16.5 Å².